The van der Waals surface area contributed by atoms with E-state index in [1.807, 2.05) is 12.1 Å². The average molecular weight is 354 g/mol. The molecule has 0 amide bonds. The number of terminal acetylenes is 1. The van der Waals surface area contributed by atoms with Gasteiger partial charge in [0.05, 0.1) is 26.8 Å². The van der Waals surface area contributed by atoms with Crippen molar-refractivity contribution in [3.63, 3.8) is 0 Å². The summed E-state index contributed by atoms with van der Waals surface area (Å²) < 4.78 is 9.08. The van der Waals surface area contributed by atoms with E-state index >= 15 is 0 Å². The van der Waals surface area contributed by atoms with Crippen LogP contribution in [0.15, 0.2) is 33.9 Å². The first kappa shape index (κ1) is 17.5. The molecule has 1 N–H and O–H groups in total. The number of aliphatic hydroxyl groups is 1. The molecule has 1 aromatic carbocycles. The number of hydrogen-bond donors (Lipinski definition) is 1. The highest BCUT2D eigenvalue weighted by molar-refractivity contribution is 5.77. The van der Waals surface area contributed by atoms with Gasteiger partial charge in [-0.05, 0) is 12.1 Å². The molecule has 0 atom stereocenters. The number of fused-ring (bicyclic) bond motifs is 1. The second kappa shape index (κ2) is 6.90. The first-order chi connectivity index (χ1) is 12.5. The Hall–Kier alpha value is -3.31. The lowest BCUT2D eigenvalue weighted by molar-refractivity contribution is 0.274. The summed E-state index contributed by atoms with van der Waals surface area (Å²) in [4.78, 5) is 29.9. The summed E-state index contributed by atoms with van der Waals surface area (Å²) in [6.07, 6.45) is 5.29. The summed E-state index contributed by atoms with van der Waals surface area (Å²) in [7, 11) is 3.25. The molecule has 0 bridgehead atoms. The van der Waals surface area contributed by atoms with Gasteiger partial charge >= 0.3 is 5.69 Å². The van der Waals surface area contributed by atoms with E-state index in [4.69, 9.17) is 11.2 Å². The summed E-state index contributed by atoms with van der Waals surface area (Å²) in [5, 5.41) is 9.32. The molecule has 0 aliphatic carbocycles. The van der Waals surface area contributed by atoms with Crippen molar-refractivity contribution in [2.24, 2.45) is 7.05 Å². The highest BCUT2D eigenvalue weighted by Crippen LogP contribution is 2.24. The molecule has 2 aromatic heterocycles. The molecule has 2 heterocycles. The van der Waals surface area contributed by atoms with Gasteiger partial charge in [0.15, 0.2) is 11.2 Å². The van der Waals surface area contributed by atoms with Gasteiger partial charge in [-0.1, -0.05) is 18.1 Å². The number of methoxy groups -OCH3 is 1. The molecule has 8 nitrogen and oxygen atoms in total. The van der Waals surface area contributed by atoms with Crippen molar-refractivity contribution in [3.8, 4) is 29.5 Å². The Bertz CT molecular complexity index is 1130. The van der Waals surface area contributed by atoms with Crippen molar-refractivity contribution in [1.29, 1.82) is 0 Å². The molecule has 3 rings (SSSR count). The van der Waals surface area contributed by atoms with Gasteiger partial charge in [-0.15, -0.1) is 6.42 Å². The summed E-state index contributed by atoms with van der Waals surface area (Å²) >= 11 is 0. The first-order valence-electron chi connectivity index (χ1n) is 7.92. The quantitative estimate of drug-likeness (QED) is 0.661. The van der Waals surface area contributed by atoms with Crippen molar-refractivity contribution in [2.75, 3.05) is 13.7 Å². The van der Waals surface area contributed by atoms with Crippen molar-refractivity contribution in [1.82, 2.24) is 18.7 Å². The Morgan fingerprint density at radius 3 is 2.73 bits per heavy atom. The van der Waals surface area contributed by atoms with Gasteiger partial charge < -0.3 is 14.4 Å². The molecule has 0 fully saturated rings. The zero-order valence-electron chi connectivity index (χ0n) is 14.5. The minimum atomic E-state index is -0.593. The number of imidazole rings is 1. The molecule has 0 aliphatic rings. The third-order valence-electron chi connectivity index (χ3n) is 4.14. The fraction of sp³-hybridized carbons (Fsp3) is 0.278. The lowest BCUT2D eigenvalue weighted by Gasteiger charge is -2.08. The molecule has 0 unspecified atom stereocenters. The molecule has 26 heavy (non-hydrogen) atoms. The highest BCUT2D eigenvalue weighted by atomic mass is 16.5. The molecule has 0 saturated carbocycles. The maximum absolute atomic E-state index is 12.8. The maximum atomic E-state index is 12.8. The summed E-state index contributed by atoms with van der Waals surface area (Å²) in [5.41, 5.74) is 0.0776. The van der Waals surface area contributed by atoms with E-state index in [0.717, 1.165) is 10.1 Å². The van der Waals surface area contributed by atoms with Crippen LogP contribution in [-0.2, 0) is 20.1 Å². The Labute approximate surface area is 148 Å². The Balaban J connectivity index is 2.39. The van der Waals surface area contributed by atoms with Gasteiger partial charge in [0, 0.05) is 12.6 Å². The largest absolute Gasteiger partial charge is 0.497 e. The van der Waals surface area contributed by atoms with E-state index in [2.05, 4.69) is 10.9 Å². The summed E-state index contributed by atoms with van der Waals surface area (Å²) in [6.45, 7) is -0.415. The third-order valence-corrected chi connectivity index (χ3v) is 4.14. The Morgan fingerprint density at radius 1 is 1.31 bits per heavy atom. The Kier molecular flexibility index (Phi) is 4.65. The fourth-order valence-corrected chi connectivity index (χ4v) is 2.92. The number of aromatic nitrogens is 4. The number of rotatable bonds is 5. The predicted octanol–water partition coefficient (Wildman–Crippen LogP) is 0.198. The van der Waals surface area contributed by atoms with E-state index in [9.17, 15) is 14.7 Å². The van der Waals surface area contributed by atoms with E-state index in [1.165, 1.54) is 4.57 Å². The molecule has 0 spiro atoms. The van der Waals surface area contributed by atoms with Gasteiger partial charge in [0.1, 0.15) is 11.6 Å². The maximum Gasteiger partial charge on any atom is 0.333 e. The van der Waals surface area contributed by atoms with Crippen LogP contribution in [0, 0.1) is 12.3 Å². The van der Waals surface area contributed by atoms with Crippen LogP contribution >= 0.6 is 0 Å². The second-order valence-electron chi connectivity index (χ2n) is 5.65. The molecule has 0 radical (unpaired) electrons. The normalized spacial score (nSPS) is 10.8. The van der Waals surface area contributed by atoms with Crippen LogP contribution in [0.3, 0.4) is 0 Å². The third kappa shape index (κ3) is 2.68. The van der Waals surface area contributed by atoms with Crippen LogP contribution in [0.2, 0.25) is 0 Å². The van der Waals surface area contributed by atoms with Gasteiger partial charge in [0.2, 0.25) is 0 Å². The highest BCUT2D eigenvalue weighted by Gasteiger charge is 2.20. The predicted molar refractivity (Wildman–Crippen MR) is 97.1 cm³/mol. The van der Waals surface area contributed by atoms with Gasteiger partial charge in [-0.3, -0.25) is 9.36 Å². The monoisotopic (exact) mass is 354 g/mol. The van der Waals surface area contributed by atoms with Crippen molar-refractivity contribution >= 4 is 11.2 Å². The first-order valence-corrected chi connectivity index (χ1v) is 7.92. The van der Waals surface area contributed by atoms with E-state index in [1.54, 1.807) is 30.9 Å². The van der Waals surface area contributed by atoms with E-state index in [-0.39, 0.29) is 30.9 Å². The lowest BCUT2D eigenvalue weighted by atomic mass is 10.2. The number of ether oxygens (including phenoxy) is 1. The number of hydrogen-bond acceptors (Lipinski definition) is 5. The second-order valence-corrected chi connectivity index (χ2v) is 5.65. The van der Waals surface area contributed by atoms with Gasteiger partial charge in [0.25, 0.3) is 5.56 Å². The standard InChI is InChI=1S/C18H18N4O4/c1-4-8-22-17(24)14-16(21(9-10-23)18(22)25)19-15(20(14)2)12-6-5-7-13(11-12)26-3/h1,5-7,11,23H,8-10H2,2-3H3. The molecule has 0 aliphatic heterocycles. The van der Waals surface area contributed by atoms with E-state index < -0.39 is 11.2 Å². The minimum absolute atomic E-state index is 0.00868. The van der Waals surface area contributed by atoms with Crippen LogP contribution in [0.5, 0.6) is 5.75 Å². The van der Waals surface area contributed by atoms with Crippen LogP contribution in [0.1, 0.15) is 0 Å². The summed E-state index contributed by atoms with van der Waals surface area (Å²) in [5.74, 6) is 3.46. The van der Waals surface area contributed by atoms with Crippen LogP contribution in [-0.4, -0.2) is 37.5 Å². The van der Waals surface area contributed by atoms with Crippen molar-refractivity contribution < 1.29 is 9.84 Å². The molecule has 3 aromatic rings. The number of aliphatic hydroxyl groups excluding tert-OH is 1. The van der Waals surface area contributed by atoms with Crippen LogP contribution in [0.25, 0.3) is 22.6 Å². The lowest BCUT2D eigenvalue weighted by Crippen LogP contribution is -2.40. The van der Waals surface area contributed by atoms with Crippen LogP contribution in [0.4, 0.5) is 0 Å². The smallest absolute Gasteiger partial charge is 0.333 e. The minimum Gasteiger partial charge on any atom is -0.497 e. The average Bonchev–Trinajstić information content (AvgIpc) is 2.99. The molecule has 0 saturated heterocycles. The molecular formula is C18H18N4O4. The van der Waals surface area contributed by atoms with Gasteiger partial charge in [-0.25, -0.2) is 14.3 Å². The van der Waals surface area contributed by atoms with Crippen LogP contribution < -0.4 is 16.0 Å². The zero-order valence-corrected chi connectivity index (χ0v) is 14.5. The SMILES string of the molecule is C#CCn1c(=O)c2c(nc(-c3cccc(OC)c3)n2C)n(CCO)c1=O. The zero-order chi connectivity index (χ0) is 18.8. The van der Waals surface area contributed by atoms with Crippen molar-refractivity contribution in [2.45, 2.75) is 13.1 Å². The molecular weight excluding hydrogens is 336 g/mol. The van der Waals surface area contributed by atoms with Gasteiger partial charge in [-0.2, -0.15) is 0 Å². The molecule has 8 heteroatoms. The topological polar surface area (TPSA) is 91.3 Å². The Morgan fingerprint density at radius 2 is 2.08 bits per heavy atom. The van der Waals surface area contributed by atoms with Crippen molar-refractivity contribution in [3.05, 3.63) is 45.1 Å². The number of benzene rings is 1. The molecule has 134 valence electrons. The summed E-state index contributed by atoms with van der Waals surface area (Å²) in [6, 6.07) is 7.23. The van der Waals surface area contributed by atoms with E-state index in [0.29, 0.717) is 11.6 Å². The fourth-order valence-electron chi connectivity index (χ4n) is 2.92. The number of aryl methyl sites for hydroxylation is 1. The number of nitrogens with zero attached hydrogens (tertiary/aromatic N) is 4.